The van der Waals surface area contributed by atoms with Gasteiger partial charge in [0.25, 0.3) is 0 Å². The predicted octanol–water partition coefficient (Wildman–Crippen LogP) is 14.3. The fraction of sp³-hybridized carbons (Fsp3) is 0.148. The summed E-state index contributed by atoms with van der Waals surface area (Å²) in [7, 11) is 0. The van der Waals surface area contributed by atoms with Crippen molar-refractivity contribution >= 4 is 44.9 Å². The number of benzene rings is 8. The molecule has 0 fully saturated rings. The van der Waals surface area contributed by atoms with Crippen molar-refractivity contribution in [2.45, 2.75) is 50.4 Å². The Morgan fingerprint density at radius 3 is 1.55 bits per heavy atom. The van der Waals surface area contributed by atoms with Gasteiger partial charge in [-0.1, -0.05) is 135 Å². The first-order valence-electron chi connectivity index (χ1n) is 20.2. The van der Waals surface area contributed by atoms with Crippen molar-refractivity contribution in [2.24, 2.45) is 0 Å². The van der Waals surface area contributed by atoms with E-state index in [9.17, 15) is 0 Å². The summed E-state index contributed by atoms with van der Waals surface area (Å²) < 4.78 is 0. The molecule has 0 bridgehead atoms. The molecule has 1 spiro atoms. The van der Waals surface area contributed by atoms with E-state index < -0.39 is 0 Å². The highest BCUT2D eigenvalue weighted by Gasteiger charge is 2.49. The molecule has 3 aliphatic rings. The minimum absolute atomic E-state index is 0.0420. The molecule has 0 unspecified atom stereocenters. The number of hydrogen-bond acceptors (Lipinski definition) is 2. The van der Waals surface area contributed by atoms with Crippen molar-refractivity contribution < 1.29 is 0 Å². The molecule has 56 heavy (non-hydrogen) atoms. The van der Waals surface area contributed by atoms with E-state index in [0.29, 0.717) is 0 Å². The number of hydrogen-bond donors (Lipinski definition) is 0. The average Bonchev–Trinajstić information content (AvgIpc) is 3.89. The molecule has 0 heterocycles. The molecular formula is C54H44N2. The van der Waals surface area contributed by atoms with Crippen LogP contribution in [0.15, 0.2) is 182 Å². The molecule has 1 atom stereocenters. The molecule has 2 heteroatoms. The fourth-order valence-electron chi connectivity index (χ4n) is 10.7. The maximum Gasteiger partial charge on any atom is 0.0505 e. The van der Waals surface area contributed by atoms with Gasteiger partial charge in [0, 0.05) is 33.6 Å². The molecule has 0 aliphatic heterocycles. The molecule has 2 nitrogen and oxygen atoms in total. The van der Waals surface area contributed by atoms with Crippen LogP contribution in [0.2, 0.25) is 0 Å². The second-order valence-electron chi connectivity index (χ2n) is 16.5. The Labute approximate surface area is 330 Å². The first kappa shape index (κ1) is 33.0. The molecule has 270 valence electrons. The molecule has 11 rings (SSSR count). The molecule has 0 N–H and O–H groups in total. The van der Waals surface area contributed by atoms with Gasteiger partial charge in [-0.25, -0.2) is 0 Å². The third kappa shape index (κ3) is 4.88. The van der Waals surface area contributed by atoms with Crippen LogP contribution < -0.4 is 9.80 Å². The van der Waals surface area contributed by atoms with Crippen LogP contribution in [-0.4, -0.2) is 0 Å². The van der Waals surface area contributed by atoms with Crippen LogP contribution >= 0.6 is 0 Å². The summed E-state index contributed by atoms with van der Waals surface area (Å²) in [6.45, 7) is 4.73. The largest absolute Gasteiger partial charge is 0.310 e. The summed E-state index contributed by atoms with van der Waals surface area (Å²) in [4.78, 5) is 5.08. The van der Waals surface area contributed by atoms with Crippen LogP contribution in [0.4, 0.5) is 34.1 Å². The second-order valence-corrected chi connectivity index (χ2v) is 16.5. The van der Waals surface area contributed by atoms with Crippen molar-refractivity contribution in [1.82, 2.24) is 0 Å². The zero-order valence-corrected chi connectivity index (χ0v) is 32.0. The van der Waals surface area contributed by atoms with Gasteiger partial charge in [-0.3, -0.25) is 0 Å². The molecule has 0 saturated heterocycles. The van der Waals surface area contributed by atoms with Gasteiger partial charge in [0.05, 0.1) is 11.4 Å². The van der Waals surface area contributed by atoms with Gasteiger partial charge in [-0.2, -0.15) is 0 Å². The van der Waals surface area contributed by atoms with E-state index in [1.165, 1.54) is 89.4 Å². The van der Waals surface area contributed by atoms with Crippen molar-refractivity contribution in [1.29, 1.82) is 0 Å². The van der Waals surface area contributed by atoms with E-state index in [2.05, 4.69) is 206 Å². The lowest BCUT2D eigenvalue weighted by Gasteiger charge is -2.37. The molecule has 8 aromatic carbocycles. The monoisotopic (exact) mass is 720 g/mol. The topological polar surface area (TPSA) is 6.48 Å². The third-order valence-corrected chi connectivity index (χ3v) is 13.2. The predicted molar refractivity (Wildman–Crippen MR) is 235 cm³/mol. The zero-order valence-electron chi connectivity index (χ0n) is 32.0. The van der Waals surface area contributed by atoms with Crippen LogP contribution in [0.1, 0.15) is 60.1 Å². The summed E-state index contributed by atoms with van der Waals surface area (Å²) in [6, 6.07) is 68.0. The van der Waals surface area contributed by atoms with Gasteiger partial charge in [0.2, 0.25) is 0 Å². The lowest BCUT2D eigenvalue weighted by molar-refractivity contribution is 0.508. The van der Waals surface area contributed by atoms with Gasteiger partial charge in [0.1, 0.15) is 0 Å². The Bertz CT molecular complexity index is 2800. The van der Waals surface area contributed by atoms with Crippen LogP contribution in [0.3, 0.4) is 0 Å². The van der Waals surface area contributed by atoms with E-state index in [1.807, 2.05) is 0 Å². The Hall–Kier alpha value is -6.38. The first-order valence-corrected chi connectivity index (χ1v) is 20.2. The average molecular weight is 721 g/mol. The van der Waals surface area contributed by atoms with Crippen molar-refractivity contribution in [3.8, 4) is 11.1 Å². The number of para-hydroxylation sites is 2. The molecule has 0 amide bonds. The third-order valence-electron chi connectivity index (χ3n) is 13.2. The molecule has 0 radical (unpaired) electrons. The van der Waals surface area contributed by atoms with Crippen molar-refractivity contribution in [2.75, 3.05) is 9.80 Å². The number of anilines is 6. The van der Waals surface area contributed by atoms with Crippen molar-refractivity contribution in [3.05, 3.63) is 215 Å². The Morgan fingerprint density at radius 1 is 0.393 bits per heavy atom. The summed E-state index contributed by atoms with van der Waals surface area (Å²) in [5.41, 5.74) is 18.5. The van der Waals surface area contributed by atoms with Gasteiger partial charge in [0.15, 0.2) is 0 Å². The zero-order chi connectivity index (χ0) is 37.4. The van der Waals surface area contributed by atoms with Crippen LogP contribution in [0, 0.1) is 0 Å². The Balaban J connectivity index is 1.13. The Morgan fingerprint density at radius 2 is 0.911 bits per heavy atom. The molecular weight excluding hydrogens is 677 g/mol. The lowest BCUT2D eigenvalue weighted by atomic mass is 9.74. The van der Waals surface area contributed by atoms with Crippen LogP contribution in [0.5, 0.6) is 0 Å². The number of nitrogens with zero attached hydrogens (tertiary/aromatic N) is 2. The number of aryl methyl sites for hydroxylation is 2. The van der Waals surface area contributed by atoms with Gasteiger partial charge < -0.3 is 9.80 Å². The first-order chi connectivity index (χ1) is 27.5. The smallest absolute Gasteiger partial charge is 0.0505 e. The van der Waals surface area contributed by atoms with Gasteiger partial charge in [-0.15, -0.1) is 0 Å². The quantitative estimate of drug-likeness (QED) is 0.169. The maximum absolute atomic E-state index is 2.55. The second kappa shape index (κ2) is 12.6. The van der Waals surface area contributed by atoms with Gasteiger partial charge >= 0.3 is 0 Å². The molecule has 0 aromatic heterocycles. The molecule has 8 aromatic rings. The van der Waals surface area contributed by atoms with E-state index in [4.69, 9.17) is 0 Å². The summed E-state index contributed by atoms with van der Waals surface area (Å²) in [6.07, 6.45) is 4.32. The van der Waals surface area contributed by atoms with E-state index in [-0.39, 0.29) is 10.8 Å². The van der Waals surface area contributed by atoms with Crippen LogP contribution in [0.25, 0.3) is 21.9 Å². The van der Waals surface area contributed by atoms with E-state index >= 15 is 0 Å². The molecule has 3 aliphatic carbocycles. The normalized spacial score (nSPS) is 17.0. The Kier molecular flexibility index (Phi) is 7.41. The summed E-state index contributed by atoms with van der Waals surface area (Å²) >= 11 is 0. The highest BCUT2D eigenvalue weighted by molar-refractivity contribution is 5.92. The standard InChI is InChI=1S/C54H44N2/c1-53(2)47-24-12-11-23-45(47)46-36-44(29-30-48(46)53)56(42-21-7-4-8-22-42)50-26-14-18-39-32-34-54(52(39)50)33-31-38-17-13-25-49(51(38)54)55(41-19-5-3-6-20-41)43-28-27-37-15-9-10-16-40(37)35-43/h3-30,35-36H,31-34H2,1-2H3/t54-/m1/s1. The van der Waals surface area contributed by atoms with Crippen molar-refractivity contribution in [3.63, 3.8) is 0 Å². The number of fused-ring (bicyclic) bond motifs is 8. The summed E-state index contributed by atoms with van der Waals surface area (Å²) in [5, 5.41) is 2.51. The minimum Gasteiger partial charge on any atom is -0.310 e. The maximum atomic E-state index is 2.55. The number of rotatable bonds is 6. The highest BCUT2D eigenvalue weighted by Crippen LogP contribution is 2.60. The van der Waals surface area contributed by atoms with Gasteiger partial charge in [-0.05, 0) is 142 Å². The molecule has 0 saturated carbocycles. The van der Waals surface area contributed by atoms with E-state index in [0.717, 1.165) is 25.7 Å². The summed E-state index contributed by atoms with van der Waals surface area (Å²) in [5.74, 6) is 0. The fourth-order valence-corrected chi connectivity index (χ4v) is 10.7. The van der Waals surface area contributed by atoms with Crippen LogP contribution in [-0.2, 0) is 23.7 Å². The van der Waals surface area contributed by atoms with E-state index in [1.54, 1.807) is 0 Å². The SMILES string of the molecule is CC1(C)c2ccccc2-c2cc(N(c3ccccc3)c3cccc4c3[C@@]3(CC4)CCc4cccc(N(c5ccccc5)c5ccc6ccccc6c5)c43)ccc21. The highest BCUT2D eigenvalue weighted by atomic mass is 15.2. The lowest BCUT2D eigenvalue weighted by Crippen LogP contribution is -2.27. The minimum atomic E-state index is -0.139.